The van der Waals surface area contributed by atoms with Crippen molar-refractivity contribution in [1.82, 2.24) is 4.90 Å². The zero-order chi connectivity index (χ0) is 14.4. The first-order valence-corrected chi connectivity index (χ1v) is 8.14. The molecule has 0 aromatic heterocycles. The van der Waals surface area contributed by atoms with Crippen molar-refractivity contribution in [3.8, 4) is 5.75 Å². The molecule has 0 spiro atoms. The maximum absolute atomic E-state index is 6.28. The van der Waals surface area contributed by atoms with Gasteiger partial charge in [0.15, 0.2) is 6.23 Å². The number of piperidine rings is 1. The highest BCUT2D eigenvalue weighted by Gasteiger charge is 2.28. The number of para-hydroxylation sites is 1. The third kappa shape index (κ3) is 4.52. The summed E-state index contributed by atoms with van der Waals surface area (Å²) in [6, 6.07) is 10.3. The summed E-state index contributed by atoms with van der Waals surface area (Å²) in [6.45, 7) is 9.32. The smallest absolute Gasteiger partial charge is 0.152 e. The van der Waals surface area contributed by atoms with Crippen molar-refractivity contribution in [1.29, 1.82) is 0 Å². The van der Waals surface area contributed by atoms with Gasteiger partial charge in [-0.2, -0.15) is 0 Å². The van der Waals surface area contributed by atoms with Crippen LogP contribution in [0, 0.1) is 11.8 Å². The minimum Gasteiger partial charge on any atom is -0.475 e. The van der Waals surface area contributed by atoms with E-state index in [1.165, 1.54) is 32.4 Å². The van der Waals surface area contributed by atoms with Crippen molar-refractivity contribution in [2.24, 2.45) is 11.8 Å². The fourth-order valence-electron chi connectivity index (χ4n) is 3.30. The predicted molar refractivity (Wildman–Crippen MR) is 84.9 cm³/mol. The summed E-state index contributed by atoms with van der Waals surface area (Å²) >= 11 is 0. The van der Waals surface area contributed by atoms with E-state index < -0.39 is 0 Å². The molecule has 2 heteroatoms. The summed E-state index contributed by atoms with van der Waals surface area (Å²) in [6.07, 6.45) is 5.18. The number of likely N-dealkylation sites (tertiary alicyclic amines) is 1. The van der Waals surface area contributed by atoms with Gasteiger partial charge in [-0.05, 0) is 43.2 Å². The molecule has 0 saturated carbocycles. The lowest BCUT2D eigenvalue weighted by Gasteiger charge is -2.40. The largest absolute Gasteiger partial charge is 0.475 e. The Bertz CT molecular complexity index is 368. The van der Waals surface area contributed by atoms with Crippen LogP contribution in [0.15, 0.2) is 30.3 Å². The molecular weight excluding hydrogens is 246 g/mol. The molecule has 1 aromatic rings. The first-order valence-electron chi connectivity index (χ1n) is 8.14. The van der Waals surface area contributed by atoms with Crippen LogP contribution in [-0.4, -0.2) is 24.2 Å². The summed E-state index contributed by atoms with van der Waals surface area (Å²) < 4.78 is 6.28. The lowest BCUT2D eigenvalue weighted by molar-refractivity contribution is -0.0213. The molecular formula is C18H29NO. The van der Waals surface area contributed by atoms with E-state index >= 15 is 0 Å². The minimum atomic E-state index is 0.238. The lowest BCUT2D eigenvalue weighted by atomic mass is 9.91. The molecule has 3 atom stereocenters. The topological polar surface area (TPSA) is 12.5 Å². The van der Waals surface area contributed by atoms with Crippen LogP contribution in [0.4, 0.5) is 0 Å². The summed E-state index contributed by atoms with van der Waals surface area (Å²) in [5.74, 6) is 2.56. The van der Waals surface area contributed by atoms with Gasteiger partial charge in [0.2, 0.25) is 0 Å². The van der Waals surface area contributed by atoms with Gasteiger partial charge < -0.3 is 4.74 Å². The highest BCUT2D eigenvalue weighted by molar-refractivity contribution is 5.21. The van der Waals surface area contributed by atoms with Crippen LogP contribution in [0.1, 0.15) is 46.5 Å². The fourth-order valence-corrected chi connectivity index (χ4v) is 3.30. The van der Waals surface area contributed by atoms with Gasteiger partial charge in [0.1, 0.15) is 5.75 Å². The Labute approximate surface area is 124 Å². The van der Waals surface area contributed by atoms with Crippen molar-refractivity contribution in [3.63, 3.8) is 0 Å². The maximum Gasteiger partial charge on any atom is 0.152 e. The molecule has 1 aromatic carbocycles. The van der Waals surface area contributed by atoms with Crippen molar-refractivity contribution >= 4 is 0 Å². The second kappa shape index (κ2) is 7.68. The van der Waals surface area contributed by atoms with E-state index in [9.17, 15) is 0 Å². The predicted octanol–water partition coefficient (Wildman–Crippen LogP) is 4.56. The Morgan fingerprint density at radius 1 is 1.15 bits per heavy atom. The third-order valence-corrected chi connectivity index (χ3v) is 4.12. The molecule has 1 aliphatic heterocycles. The molecule has 1 aliphatic rings. The third-order valence-electron chi connectivity index (χ3n) is 4.12. The second-order valence-corrected chi connectivity index (χ2v) is 6.43. The van der Waals surface area contributed by atoms with Crippen LogP contribution < -0.4 is 4.74 Å². The molecule has 2 rings (SSSR count). The lowest BCUT2D eigenvalue weighted by Crippen LogP contribution is -2.47. The number of rotatable bonds is 6. The average molecular weight is 275 g/mol. The van der Waals surface area contributed by atoms with Crippen molar-refractivity contribution in [2.75, 3.05) is 13.1 Å². The summed E-state index contributed by atoms with van der Waals surface area (Å²) in [4.78, 5) is 2.56. The molecule has 1 heterocycles. The van der Waals surface area contributed by atoms with E-state index in [0.717, 1.165) is 24.0 Å². The van der Waals surface area contributed by atoms with E-state index in [1.807, 2.05) is 18.2 Å². The summed E-state index contributed by atoms with van der Waals surface area (Å²) in [5, 5.41) is 0. The van der Waals surface area contributed by atoms with Gasteiger partial charge in [0, 0.05) is 13.1 Å². The molecule has 1 unspecified atom stereocenters. The molecule has 0 radical (unpaired) electrons. The number of nitrogens with zero attached hydrogens (tertiary/aromatic N) is 1. The van der Waals surface area contributed by atoms with Crippen LogP contribution in [0.2, 0.25) is 0 Å². The van der Waals surface area contributed by atoms with Gasteiger partial charge >= 0.3 is 0 Å². The van der Waals surface area contributed by atoms with Gasteiger partial charge in [-0.25, -0.2) is 0 Å². The fraction of sp³-hybridized carbons (Fsp3) is 0.667. The molecule has 0 aliphatic carbocycles. The van der Waals surface area contributed by atoms with Crippen LogP contribution in [0.3, 0.4) is 0 Å². The van der Waals surface area contributed by atoms with Crippen LogP contribution in [0.5, 0.6) is 5.75 Å². The quantitative estimate of drug-likeness (QED) is 0.754. The Kier molecular flexibility index (Phi) is 5.90. The summed E-state index contributed by atoms with van der Waals surface area (Å²) in [5.41, 5.74) is 0. The Morgan fingerprint density at radius 3 is 2.40 bits per heavy atom. The molecule has 112 valence electrons. The first-order chi connectivity index (χ1) is 9.69. The highest BCUT2D eigenvalue weighted by Crippen LogP contribution is 2.26. The number of hydrogen-bond acceptors (Lipinski definition) is 2. The maximum atomic E-state index is 6.28. The van der Waals surface area contributed by atoms with Gasteiger partial charge in [-0.3, -0.25) is 4.90 Å². The number of unbranched alkanes of at least 4 members (excludes halogenated alkanes) is 1. The number of benzene rings is 1. The van der Waals surface area contributed by atoms with Gasteiger partial charge in [0.05, 0.1) is 0 Å². The Morgan fingerprint density at radius 2 is 1.80 bits per heavy atom. The van der Waals surface area contributed by atoms with Crippen molar-refractivity contribution in [3.05, 3.63) is 30.3 Å². The average Bonchev–Trinajstić information content (AvgIpc) is 2.43. The molecule has 20 heavy (non-hydrogen) atoms. The normalized spacial score (nSPS) is 25.4. The Balaban J connectivity index is 2.02. The van der Waals surface area contributed by atoms with E-state index in [-0.39, 0.29) is 6.23 Å². The monoisotopic (exact) mass is 275 g/mol. The second-order valence-electron chi connectivity index (χ2n) is 6.43. The van der Waals surface area contributed by atoms with Crippen LogP contribution >= 0.6 is 0 Å². The zero-order valence-electron chi connectivity index (χ0n) is 13.2. The molecule has 2 nitrogen and oxygen atoms in total. The van der Waals surface area contributed by atoms with E-state index in [1.54, 1.807) is 0 Å². The molecule has 0 N–H and O–H groups in total. The molecule has 1 fully saturated rings. The molecule has 0 amide bonds. The van der Waals surface area contributed by atoms with Gasteiger partial charge in [0.25, 0.3) is 0 Å². The van der Waals surface area contributed by atoms with Crippen molar-refractivity contribution < 1.29 is 4.74 Å². The zero-order valence-corrected chi connectivity index (χ0v) is 13.2. The molecule has 0 bridgehead atoms. The Hall–Kier alpha value is -1.02. The van der Waals surface area contributed by atoms with Gasteiger partial charge in [-0.15, -0.1) is 0 Å². The minimum absolute atomic E-state index is 0.238. The number of hydrogen-bond donors (Lipinski definition) is 0. The van der Waals surface area contributed by atoms with E-state index in [4.69, 9.17) is 4.74 Å². The first kappa shape index (κ1) is 15.4. The number of ether oxygens (including phenoxy) is 1. The standard InChI is InChI=1S/C18H29NO/c1-4-5-11-18(20-17-9-7-6-8-10-17)19-13-15(2)12-16(3)14-19/h6-10,15-16,18H,4-5,11-14H2,1-3H3/t15-,16+,18?. The highest BCUT2D eigenvalue weighted by atomic mass is 16.5. The summed E-state index contributed by atoms with van der Waals surface area (Å²) in [7, 11) is 0. The van der Waals surface area contributed by atoms with E-state index in [0.29, 0.717) is 0 Å². The molecule has 1 saturated heterocycles. The van der Waals surface area contributed by atoms with Crippen molar-refractivity contribution in [2.45, 2.75) is 52.7 Å². The van der Waals surface area contributed by atoms with Gasteiger partial charge in [-0.1, -0.05) is 45.4 Å². The van der Waals surface area contributed by atoms with Crippen LogP contribution in [-0.2, 0) is 0 Å². The SMILES string of the molecule is CCCCC(Oc1ccccc1)N1C[C@H](C)C[C@H](C)C1. The van der Waals surface area contributed by atoms with Crippen LogP contribution in [0.25, 0.3) is 0 Å². The van der Waals surface area contributed by atoms with E-state index in [2.05, 4.69) is 37.8 Å².